The van der Waals surface area contributed by atoms with Crippen molar-refractivity contribution in [2.45, 2.75) is 25.4 Å². The summed E-state index contributed by atoms with van der Waals surface area (Å²) >= 11 is 0. The van der Waals surface area contributed by atoms with Crippen molar-refractivity contribution >= 4 is 11.6 Å². The lowest BCUT2D eigenvalue weighted by molar-refractivity contribution is -0.118. The lowest BCUT2D eigenvalue weighted by Crippen LogP contribution is -2.39. The van der Waals surface area contributed by atoms with E-state index in [0.717, 1.165) is 23.2 Å². The maximum Gasteiger partial charge on any atom is 0.227 e. The molecule has 0 saturated carbocycles. The van der Waals surface area contributed by atoms with E-state index < -0.39 is 5.60 Å². The van der Waals surface area contributed by atoms with Gasteiger partial charge in [-0.1, -0.05) is 12.1 Å². The molecule has 1 aliphatic rings. The maximum atomic E-state index is 11.6. The summed E-state index contributed by atoms with van der Waals surface area (Å²) in [6.45, 7) is 1.99. The first kappa shape index (κ1) is 13.0. The quantitative estimate of drug-likeness (QED) is 0.530. The smallest absolute Gasteiger partial charge is 0.227 e. The maximum absolute atomic E-state index is 11.6. The van der Waals surface area contributed by atoms with E-state index in [1.807, 2.05) is 18.2 Å². The molecule has 1 aromatic carbocycles. The molecule has 0 bridgehead atoms. The number of amides is 1. The van der Waals surface area contributed by atoms with Crippen LogP contribution in [0.15, 0.2) is 18.2 Å². The largest absolute Gasteiger partial charge is 0.384 e. The van der Waals surface area contributed by atoms with Crippen molar-refractivity contribution in [1.82, 2.24) is 5.43 Å². The van der Waals surface area contributed by atoms with Crippen molar-refractivity contribution in [1.29, 1.82) is 0 Å². The standard InChI is InChI=1S/C13H19N3O2/c1-13(18,8-15-14)10-4-5-11-9(7-10)3-6-12(17)16(11)2/h4-5,7,15,18H,3,6,8,14H2,1-2H3. The van der Waals surface area contributed by atoms with Crippen molar-refractivity contribution < 1.29 is 9.90 Å². The number of hydrogen-bond donors (Lipinski definition) is 3. The second-order valence-electron chi connectivity index (χ2n) is 4.95. The highest BCUT2D eigenvalue weighted by molar-refractivity contribution is 5.95. The Morgan fingerprint density at radius 2 is 2.22 bits per heavy atom. The SMILES string of the molecule is CN1C(=O)CCc2cc(C(C)(O)CNN)ccc21. The third-order valence-corrected chi connectivity index (χ3v) is 3.49. The normalized spacial score (nSPS) is 18.4. The number of carbonyl (C=O) groups is 1. The first-order valence-electron chi connectivity index (χ1n) is 6.01. The van der Waals surface area contributed by atoms with Crippen LogP contribution < -0.4 is 16.2 Å². The van der Waals surface area contributed by atoms with E-state index in [2.05, 4.69) is 5.43 Å². The molecule has 0 aliphatic carbocycles. The Morgan fingerprint density at radius 1 is 1.50 bits per heavy atom. The highest BCUT2D eigenvalue weighted by Gasteiger charge is 2.26. The summed E-state index contributed by atoms with van der Waals surface area (Å²) < 4.78 is 0. The number of aliphatic hydroxyl groups is 1. The number of benzene rings is 1. The number of fused-ring (bicyclic) bond motifs is 1. The topological polar surface area (TPSA) is 78.6 Å². The van der Waals surface area contributed by atoms with Gasteiger partial charge in [-0.2, -0.15) is 0 Å². The predicted molar refractivity (Wildman–Crippen MR) is 69.9 cm³/mol. The van der Waals surface area contributed by atoms with Gasteiger partial charge in [0.1, 0.15) is 5.60 Å². The Hall–Kier alpha value is -1.43. The molecule has 5 heteroatoms. The van der Waals surface area contributed by atoms with E-state index in [1.54, 1.807) is 18.9 Å². The highest BCUT2D eigenvalue weighted by Crippen LogP contribution is 2.30. The first-order valence-corrected chi connectivity index (χ1v) is 6.01. The zero-order valence-corrected chi connectivity index (χ0v) is 10.7. The number of anilines is 1. The van der Waals surface area contributed by atoms with E-state index >= 15 is 0 Å². The Kier molecular flexibility index (Phi) is 3.38. The molecule has 4 N–H and O–H groups in total. The van der Waals surface area contributed by atoms with Gasteiger partial charge in [0.15, 0.2) is 0 Å². The summed E-state index contributed by atoms with van der Waals surface area (Å²) in [6, 6.07) is 5.67. The Labute approximate surface area is 107 Å². The minimum Gasteiger partial charge on any atom is -0.384 e. The number of nitrogens with one attached hydrogen (secondary N) is 1. The van der Waals surface area contributed by atoms with E-state index in [1.165, 1.54) is 0 Å². The molecular weight excluding hydrogens is 230 g/mol. The summed E-state index contributed by atoms with van der Waals surface area (Å²) in [7, 11) is 1.78. The molecule has 1 aliphatic heterocycles. The number of carbonyl (C=O) groups excluding carboxylic acids is 1. The van der Waals surface area contributed by atoms with Crippen molar-refractivity contribution in [2.24, 2.45) is 5.84 Å². The fraction of sp³-hybridized carbons (Fsp3) is 0.462. The summed E-state index contributed by atoms with van der Waals surface area (Å²) in [5.41, 5.74) is 4.30. The third-order valence-electron chi connectivity index (χ3n) is 3.49. The zero-order valence-electron chi connectivity index (χ0n) is 10.7. The molecule has 0 fully saturated rings. The molecule has 1 amide bonds. The van der Waals surface area contributed by atoms with Gasteiger partial charge in [-0.3, -0.25) is 16.1 Å². The van der Waals surface area contributed by atoms with Crippen LogP contribution in [-0.4, -0.2) is 24.6 Å². The average molecular weight is 249 g/mol. The molecule has 98 valence electrons. The van der Waals surface area contributed by atoms with Gasteiger partial charge in [0, 0.05) is 25.7 Å². The molecule has 1 unspecified atom stereocenters. The molecule has 18 heavy (non-hydrogen) atoms. The minimum atomic E-state index is -1.01. The predicted octanol–water partition coefficient (Wildman–Crippen LogP) is 0.266. The number of nitrogens with zero attached hydrogens (tertiary/aromatic N) is 1. The lowest BCUT2D eigenvalue weighted by atomic mass is 9.91. The molecule has 0 saturated heterocycles. The van der Waals surface area contributed by atoms with Crippen molar-refractivity contribution in [3.05, 3.63) is 29.3 Å². The van der Waals surface area contributed by atoms with E-state index in [9.17, 15) is 9.90 Å². The van der Waals surface area contributed by atoms with E-state index in [4.69, 9.17) is 5.84 Å². The van der Waals surface area contributed by atoms with Crippen LogP contribution in [0.2, 0.25) is 0 Å². The molecule has 0 aromatic heterocycles. The van der Waals surface area contributed by atoms with E-state index in [0.29, 0.717) is 6.42 Å². The van der Waals surface area contributed by atoms with Gasteiger partial charge in [-0.05, 0) is 30.5 Å². The second kappa shape index (κ2) is 4.68. The number of rotatable bonds is 3. The van der Waals surface area contributed by atoms with Crippen LogP contribution in [0.25, 0.3) is 0 Å². The number of hydrazine groups is 1. The zero-order chi connectivity index (χ0) is 13.3. The van der Waals surface area contributed by atoms with Gasteiger partial charge in [0.25, 0.3) is 0 Å². The summed E-state index contributed by atoms with van der Waals surface area (Å²) in [5.74, 6) is 5.40. The van der Waals surface area contributed by atoms with Crippen LogP contribution >= 0.6 is 0 Å². The highest BCUT2D eigenvalue weighted by atomic mass is 16.3. The number of nitrogens with two attached hydrogens (primary N) is 1. The van der Waals surface area contributed by atoms with Gasteiger partial charge in [0.2, 0.25) is 5.91 Å². The fourth-order valence-corrected chi connectivity index (χ4v) is 2.29. The van der Waals surface area contributed by atoms with Crippen LogP contribution in [0.4, 0.5) is 5.69 Å². The second-order valence-corrected chi connectivity index (χ2v) is 4.95. The van der Waals surface area contributed by atoms with E-state index in [-0.39, 0.29) is 12.5 Å². The van der Waals surface area contributed by atoms with Gasteiger partial charge in [0.05, 0.1) is 0 Å². The van der Waals surface area contributed by atoms with Crippen LogP contribution in [-0.2, 0) is 16.8 Å². The monoisotopic (exact) mass is 249 g/mol. The molecule has 5 nitrogen and oxygen atoms in total. The Bertz CT molecular complexity index is 471. The molecule has 2 rings (SSSR count). The third kappa shape index (κ3) is 2.25. The molecule has 0 radical (unpaired) electrons. The van der Waals surface area contributed by atoms with Gasteiger partial charge >= 0.3 is 0 Å². The van der Waals surface area contributed by atoms with Crippen LogP contribution in [0, 0.1) is 0 Å². The molecule has 1 atom stereocenters. The number of aryl methyl sites for hydroxylation is 1. The first-order chi connectivity index (χ1) is 8.45. The van der Waals surface area contributed by atoms with Crippen molar-refractivity contribution in [3.63, 3.8) is 0 Å². The molecule has 1 heterocycles. The van der Waals surface area contributed by atoms with Gasteiger partial charge < -0.3 is 10.0 Å². The van der Waals surface area contributed by atoms with Crippen molar-refractivity contribution in [3.8, 4) is 0 Å². The summed E-state index contributed by atoms with van der Waals surface area (Å²) in [6.07, 6.45) is 1.24. The fourth-order valence-electron chi connectivity index (χ4n) is 2.29. The Balaban J connectivity index is 2.36. The van der Waals surface area contributed by atoms with Gasteiger partial charge in [-0.25, -0.2) is 0 Å². The molecule has 1 aromatic rings. The summed E-state index contributed by atoms with van der Waals surface area (Å²) in [5, 5.41) is 10.3. The lowest BCUT2D eigenvalue weighted by Gasteiger charge is -2.29. The summed E-state index contributed by atoms with van der Waals surface area (Å²) in [4.78, 5) is 13.3. The van der Waals surface area contributed by atoms with Crippen LogP contribution in [0.3, 0.4) is 0 Å². The van der Waals surface area contributed by atoms with Crippen LogP contribution in [0.5, 0.6) is 0 Å². The minimum absolute atomic E-state index is 0.130. The van der Waals surface area contributed by atoms with Gasteiger partial charge in [-0.15, -0.1) is 0 Å². The Morgan fingerprint density at radius 3 is 2.89 bits per heavy atom. The van der Waals surface area contributed by atoms with Crippen LogP contribution in [0.1, 0.15) is 24.5 Å². The average Bonchev–Trinajstić information content (AvgIpc) is 2.33. The molecular formula is C13H19N3O2. The molecule has 0 spiro atoms. The van der Waals surface area contributed by atoms with Crippen molar-refractivity contribution in [2.75, 3.05) is 18.5 Å². The number of hydrogen-bond acceptors (Lipinski definition) is 4.